The van der Waals surface area contributed by atoms with Crippen LogP contribution >= 0.6 is 0 Å². The molecule has 8 heteroatoms. The fraction of sp³-hybridized carbons (Fsp3) is 0.292. The number of pyridine rings is 1. The van der Waals surface area contributed by atoms with Crippen LogP contribution in [0.4, 0.5) is 0 Å². The van der Waals surface area contributed by atoms with Gasteiger partial charge in [0.05, 0.1) is 12.2 Å². The maximum absolute atomic E-state index is 10.7. The lowest BCUT2D eigenvalue weighted by atomic mass is 10.2. The Morgan fingerprint density at radius 1 is 1.00 bits per heavy atom. The first-order chi connectivity index (χ1) is 15.8. The molecule has 4 aromatic rings. The number of carbonyl (C=O) groups excluding carboxylic acids is 1. The SMILES string of the molecule is O=CCN1CCN(CCn2ccc3cc(Oc4ccc(-c5ccn[nH]5)cn4)ccc32)CC1. The van der Waals surface area contributed by atoms with Crippen LogP contribution in [0.15, 0.2) is 61.1 Å². The van der Waals surface area contributed by atoms with E-state index >= 15 is 0 Å². The van der Waals surface area contributed by atoms with E-state index in [4.69, 9.17) is 4.74 Å². The van der Waals surface area contributed by atoms with Crippen LogP contribution in [0.2, 0.25) is 0 Å². The Hall–Kier alpha value is -3.49. The van der Waals surface area contributed by atoms with Crippen LogP contribution in [0, 0.1) is 0 Å². The van der Waals surface area contributed by atoms with Crippen molar-refractivity contribution in [3.63, 3.8) is 0 Å². The monoisotopic (exact) mass is 430 g/mol. The van der Waals surface area contributed by atoms with E-state index in [1.165, 1.54) is 5.52 Å². The van der Waals surface area contributed by atoms with Crippen molar-refractivity contribution in [1.82, 2.24) is 29.5 Å². The van der Waals surface area contributed by atoms with Gasteiger partial charge in [0.15, 0.2) is 0 Å². The summed E-state index contributed by atoms with van der Waals surface area (Å²) < 4.78 is 8.26. The molecule has 164 valence electrons. The molecule has 0 aliphatic carbocycles. The summed E-state index contributed by atoms with van der Waals surface area (Å²) in [4.78, 5) is 19.7. The van der Waals surface area contributed by atoms with Gasteiger partial charge in [-0.3, -0.25) is 14.9 Å². The lowest BCUT2D eigenvalue weighted by Gasteiger charge is -2.33. The van der Waals surface area contributed by atoms with Crippen LogP contribution < -0.4 is 4.74 Å². The number of nitrogens with one attached hydrogen (secondary N) is 1. The van der Waals surface area contributed by atoms with Gasteiger partial charge in [0, 0.05) is 80.4 Å². The van der Waals surface area contributed by atoms with Crippen LogP contribution in [0.5, 0.6) is 11.6 Å². The lowest BCUT2D eigenvalue weighted by Crippen LogP contribution is -2.47. The Kier molecular flexibility index (Phi) is 5.96. The largest absolute Gasteiger partial charge is 0.439 e. The second-order valence-electron chi connectivity index (χ2n) is 8.00. The Balaban J connectivity index is 1.20. The standard InChI is InChI=1S/C24H26N6O2/c31-16-15-29-11-9-28(10-12-29)13-14-30-8-6-19-17-21(2-3-23(19)30)32-24-4-1-20(18-25-24)22-5-7-26-27-22/h1-8,16-18H,9-15H2,(H,26,27). The molecule has 0 amide bonds. The highest BCUT2D eigenvalue weighted by Crippen LogP contribution is 2.26. The van der Waals surface area contributed by atoms with E-state index < -0.39 is 0 Å². The lowest BCUT2D eigenvalue weighted by molar-refractivity contribution is -0.109. The van der Waals surface area contributed by atoms with Crippen molar-refractivity contribution in [1.29, 1.82) is 0 Å². The molecule has 5 rings (SSSR count). The molecule has 8 nitrogen and oxygen atoms in total. The molecule has 1 aliphatic rings. The molecule has 0 atom stereocenters. The quantitative estimate of drug-likeness (QED) is 0.433. The zero-order valence-electron chi connectivity index (χ0n) is 17.9. The number of fused-ring (bicyclic) bond motifs is 1. The molecule has 1 saturated heterocycles. The number of benzene rings is 1. The van der Waals surface area contributed by atoms with Crippen molar-refractivity contribution >= 4 is 17.2 Å². The number of aldehydes is 1. The number of hydrogen-bond acceptors (Lipinski definition) is 6. The van der Waals surface area contributed by atoms with E-state index in [0.29, 0.717) is 12.4 Å². The molecule has 1 aliphatic heterocycles. The van der Waals surface area contributed by atoms with Gasteiger partial charge in [-0.1, -0.05) is 0 Å². The average Bonchev–Trinajstić information content (AvgIpc) is 3.50. The van der Waals surface area contributed by atoms with Crippen LogP contribution in [0.25, 0.3) is 22.2 Å². The highest BCUT2D eigenvalue weighted by molar-refractivity contribution is 5.81. The summed E-state index contributed by atoms with van der Waals surface area (Å²) in [5, 5.41) is 8.04. The summed E-state index contributed by atoms with van der Waals surface area (Å²) in [7, 11) is 0. The van der Waals surface area contributed by atoms with Gasteiger partial charge in [-0.15, -0.1) is 0 Å². The maximum Gasteiger partial charge on any atom is 0.219 e. The van der Waals surface area contributed by atoms with E-state index in [1.54, 1.807) is 12.4 Å². The van der Waals surface area contributed by atoms with Crippen molar-refractivity contribution in [3.8, 4) is 22.9 Å². The van der Waals surface area contributed by atoms with Crippen LogP contribution in [-0.2, 0) is 11.3 Å². The number of nitrogens with zero attached hydrogens (tertiary/aromatic N) is 5. The molecular formula is C24H26N6O2. The van der Waals surface area contributed by atoms with Crippen LogP contribution in [-0.4, -0.2) is 75.1 Å². The van der Waals surface area contributed by atoms with Gasteiger partial charge in [0.25, 0.3) is 0 Å². The summed E-state index contributed by atoms with van der Waals surface area (Å²) >= 11 is 0. The number of aromatic nitrogens is 4. The van der Waals surface area contributed by atoms with E-state index in [9.17, 15) is 4.79 Å². The molecule has 0 saturated carbocycles. The van der Waals surface area contributed by atoms with E-state index in [2.05, 4.69) is 53.9 Å². The minimum Gasteiger partial charge on any atom is -0.439 e. The smallest absolute Gasteiger partial charge is 0.219 e. The van der Waals surface area contributed by atoms with Crippen LogP contribution in [0.3, 0.4) is 0 Å². The number of piperazine rings is 1. The molecule has 1 aromatic carbocycles. The predicted molar refractivity (Wildman–Crippen MR) is 123 cm³/mol. The summed E-state index contributed by atoms with van der Waals surface area (Å²) in [6.45, 7) is 6.43. The first kappa shape index (κ1) is 20.4. The average molecular weight is 431 g/mol. The van der Waals surface area contributed by atoms with E-state index in [0.717, 1.165) is 67.9 Å². The molecule has 1 fully saturated rings. The number of carbonyl (C=O) groups is 1. The van der Waals surface area contributed by atoms with Crippen molar-refractivity contribution < 1.29 is 9.53 Å². The van der Waals surface area contributed by atoms with Gasteiger partial charge in [-0.2, -0.15) is 5.10 Å². The molecule has 4 heterocycles. The molecular weight excluding hydrogens is 404 g/mol. The summed E-state index contributed by atoms with van der Waals surface area (Å²) in [6, 6.07) is 14.0. The summed E-state index contributed by atoms with van der Waals surface area (Å²) in [5.74, 6) is 1.32. The van der Waals surface area contributed by atoms with E-state index in [-0.39, 0.29) is 0 Å². The number of aromatic amines is 1. The molecule has 0 radical (unpaired) electrons. The van der Waals surface area contributed by atoms with Gasteiger partial charge < -0.3 is 14.1 Å². The normalized spacial score (nSPS) is 15.2. The topological polar surface area (TPSA) is 79.3 Å². The third-order valence-corrected chi connectivity index (χ3v) is 5.97. The Morgan fingerprint density at radius 3 is 2.62 bits per heavy atom. The first-order valence-electron chi connectivity index (χ1n) is 10.9. The van der Waals surface area contributed by atoms with Crippen LogP contribution in [0.1, 0.15) is 0 Å². The summed E-state index contributed by atoms with van der Waals surface area (Å²) in [5.41, 5.74) is 3.08. The Morgan fingerprint density at radius 2 is 1.88 bits per heavy atom. The third kappa shape index (κ3) is 4.56. The molecule has 3 aromatic heterocycles. The van der Waals surface area contributed by atoms with E-state index in [1.807, 2.05) is 24.3 Å². The van der Waals surface area contributed by atoms with Gasteiger partial charge in [-0.25, -0.2) is 4.98 Å². The van der Waals surface area contributed by atoms with Crippen molar-refractivity contribution in [2.45, 2.75) is 6.54 Å². The molecule has 32 heavy (non-hydrogen) atoms. The molecule has 0 unspecified atom stereocenters. The predicted octanol–water partition coefficient (Wildman–Crippen LogP) is 3.04. The fourth-order valence-electron chi connectivity index (χ4n) is 4.12. The molecule has 0 bridgehead atoms. The summed E-state index contributed by atoms with van der Waals surface area (Å²) in [6.07, 6.45) is 6.62. The number of hydrogen-bond donors (Lipinski definition) is 1. The number of ether oxygens (including phenoxy) is 1. The van der Waals surface area contributed by atoms with Gasteiger partial charge in [0.1, 0.15) is 12.0 Å². The molecule has 1 N–H and O–H groups in total. The van der Waals surface area contributed by atoms with Gasteiger partial charge in [-0.05, 0) is 36.4 Å². The second-order valence-corrected chi connectivity index (χ2v) is 8.00. The fourth-order valence-corrected chi connectivity index (χ4v) is 4.12. The molecule has 0 spiro atoms. The van der Waals surface area contributed by atoms with Crippen molar-refractivity contribution in [2.24, 2.45) is 0 Å². The van der Waals surface area contributed by atoms with Crippen molar-refractivity contribution in [2.75, 3.05) is 39.3 Å². The number of H-pyrrole nitrogens is 1. The second kappa shape index (κ2) is 9.33. The minimum atomic E-state index is 0.546. The Labute approximate surface area is 186 Å². The highest BCUT2D eigenvalue weighted by Gasteiger charge is 2.16. The maximum atomic E-state index is 10.7. The zero-order valence-corrected chi connectivity index (χ0v) is 17.9. The third-order valence-electron chi connectivity index (χ3n) is 5.97. The van der Waals surface area contributed by atoms with Crippen molar-refractivity contribution in [3.05, 3.63) is 61.1 Å². The Bertz CT molecular complexity index is 1160. The van der Waals surface area contributed by atoms with Gasteiger partial charge >= 0.3 is 0 Å². The first-order valence-corrected chi connectivity index (χ1v) is 10.9. The number of rotatable bonds is 8. The zero-order chi connectivity index (χ0) is 21.8. The minimum absolute atomic E-state index is 0.546. The highest BCUT2D eigenvalue weighted by atomic mass is 16.5. The van der Waals surface area contributed by atoms with Gasteiger partial charge in [0.2, 0.25) is 5.88 Å².